The summed E-state index contributed by atoms with van der Waals surface area (Å²) in [6, 6.07) is 7.56. The highest BCUT2D eigenvalue weighted by atomic mass is 16.3. The lowest BCUT2D eigenvalue weighted by Crippen LogP contribution is -2.45. The van der Waals surface area contributed by atoms with E-state index in [9.17, 15) is 4.79 Å². The van der Waals surface area contributed by atoms with E-state index >= 15 is 0 Å². The van der Waals surface area contributed by atoms with Crippen LogP contribution in [0.25, 0.3) is 11.5 Å². The average Bonchev–Trinajstić information content (AvgIpc) is 3.02. The Morgan fingerprint density at radius 2 is 2.04 bits per heavy atom. The quantitative estimate of drug-likeness (QED) is 0.823. The Morgan fingerprint density at radius 3 is 2.70 bits per heavy atom. The van der Waals surface area contributed by atoms with Crippen LogP contribution >= 0.6 is 0 Å². The van der Waals surface area contributed by atoms with Crippen molar-refractivity contribution in [2.45, 2.75) is 39.7 Å². The number of benzene rings is 1. The molecule has 0 bridgehead atoms. The van der Waals surface area contributed by atoms with Crippen molar-refractivity contribution in [1.82, 2.24) is 10.3 Å². The molecule has 23 heavy (non-hydrogen) atoms. The Kier molecular flexibility index (Phi) is 5.93. The Balaban J connectivity index is 1.85. The first kappa shape index (κ1) is 17.2. The number of hydrogen-bond acceptors (Lipinski definition) is 4. The van der Waals surface area contributed by atoms with Crippen LogP contribution in [-0.2, 0) is 11.2 Å². The lowest BCUT2D eigenvalue weighted by Gasteiger charge is -2.17. The molecule has 2 atom stereocenters. The van der Waals surface area contributed by atoms with E-state index in [2.05, 4.69) is 10.3 Å². The van der Waals surface area contributed by atoms with Gasteiger partial charge in [0.25, 0.3) is 0 Å². The normalized spacial score (nSPS) is 13.6. The molecule has 2 unspecified atom stereocenters. The van der Waals surface area contributed by atoms with Crippen LogP contribution in [0.15, 0.2) is 34.9 Å². The summed E-state index contributed by atoms with van der Waals surface area (Å²) >= 11 is 0. The first-order chi connectivity index (χ1) is 11.0. The summed E-state index contributed by atoms with van der Waals surface area (Å²) < 4.78 is 5.50. The van der Waals surface area contributed by atoms with E-state index in [1.807, 2.05) is 45.0 Å². The highest BCUT2D eigenvalue weighted by molar-refractivity contribution is 5.81. The minimum Gasteiger partial charge on any atom is -0.444 e. The van der Waals surface area contributed by atoms with E-state index < -0.39 is 6.04 Å². The lowest BCUT2D eigenvalue weighted by molar-refractivity contribution is -0.123. The summed E-state index contributed by atoms with van der Waals surface area (Å²) in [6.45, 7) is 6.55. The van der Waals surface area contributed by atoms with Gasteiger partial charge < -0.3 is 15.5 Å². The fourth-order valence-electron chi connectivity index (χ4n) is 2.19. The maximum atomic E-state index is 11.9. The number of oxazole rings is 1. The zero-order valence-electron chi connectivity index (χ0n) is 14.0. The molecule has 1 aromatic heterocycles. The van der Waals surface area contributed by atoms with Gasteiger partial charge in [0, 0.05) is 18.5 Å². The van der Waals surface area contributed by atoms with Crippen molar-refractivity contribution in [3.8, 4) is 11.5 Å². The molecule has 2 aromatic rings. The van der Waals surface area contributed by atoms with Crippen LogP contribution in [0, 0.1) is 12.8 Å². The van der Waals surface area contributed by atoms with Crippen molar-refractivity contribution >= 4 is 5.91 Å². The van der Waals surface area contributed by atoms with E-state index in [0.717, 1.165) is 17.7 Å². The number of rotatable bonds is 7. The number of hydrogen-bond donors (Lipinski definition) is 2. The van der Waals surface area contributed by atoms with Crippen molar-refractivity contribution in [2.24, 2.45) is 11.7 Å². The van der Waals surface area contributed by atoms with E-state index in [1.165, 1.54) is 5.56 Å². The van der Waals surface area contributed by atoms with Crippen LogP contribution in [0.3, 0.4) is 0 Å². The minimum atomic E-state index is -0.458. The third-order valence-electron chi connectivity index (χ3n) is 4.09. The van der Waals surface area contributed by atoms with Gasteiger partial charge in [-0.15, -0.1) is 0 Å². The number of carbonyl (C=O) groups is 1. The molecule has 0 aliphatic carbocycles. The van der Waals surface area contributed by atoms with Gasteiger partial charge in [-0.1, -0.05) is 38.0 Å². The molecular formula is C18H25N3O2. The standard InChI is InChI=1S/C18H25N3O2/c1-4-13(3)16(19)17(22)20-10-9-15-11-23-18(21-15)14-7-5-12(2)6-8-14/h5-8,11,13,16H,4,9-10,19H2,1-3H3,(H,20,22). The summed E-state index contributed by atoms with van der Waals surface area (Å²) in [5.41, 5.74) is 8.86. The average molecular weight is 315 g/mol. The predicted molar refractivity (Wildman–Crippen MR) is 90.8 cm³/mol. The number of nitrogens with two attached hydrogens (primary N) is 1. The molecule has 5 heteroatoms. The van der Waals surface area contributed by atoms with E-state index in [-0.39, 0.29) is 11.8 Å². The zero-order chi connectivity index (χ0) is 16.8. The van der Waals surface area contributed by atoms with Gasteiger partial charge in [-0.05, 0) is 25.0 Å². The van der Waals surface area contributed by atoms with Gasteiger partial charge in [0.1, 0.15) is 6.26 Å². The number of nitrogens with one attached hydrogen (secondary N) is 1. The largest absolute Gasteiger partial charge is 0.444 e. The summed E-state index contributed by atoms with van der Waals surface area (Å²) in [5, 5.41) is 2.86. The van der Waals surface area contributed by atoms with Crippen LogP contribution in [0.1, 0.15) is 31.5 Å². The van der Waals surface area contributed by atoms with Gasteiger partial charge in [-0.3, -0.25) is 4.79 Å². The summed E-state index contributed by atoms with van der Waals surface area (Å²) in [5.74, 6) is 0.666. The third-order valence-corrected chi connectivity index (χ3v) is 4.09. The summed E-state index contributed by atoms with van der Waals surface area (Å²) in [4.78, 5) is 16.4. The van der Waals surface area contributed by atoms with Crippen LogP contribution in [-0.4, -0.2) is 23.5 Å². The molecular weight excluding hydrogens is 290 g/mol. The highest BCUT2D eigenvalue weighted by Gasteiger charge is 2.18. The maximum Gasteiger partial charge on any atom is 0.237 e. The van der Waals surface area contributed by atoms with Gasteiger partial charge in [0.15, 0.2) is 0 Å². The number of aryl methyl sites for hydroxylation is 1. The smallest absolute Gasteiger partial charge is 0.237 e. The monoisotopic (exact) mass is 315 g/mol. The van der Waals surface area contributed by atoms with Crippen LogP contribution in [0.4, 0.5) is 0 Å². The number of nitrogens with zero attached hydrogens (tertiary/aromatic N) is 1. The van der Waals surface area contributed by atoms with Crippen LogP contribution in [0.5, 0.6) is 0 Å². The van der Waals surface area contributed by atoms with Gasteiger partial charge >= 0.3 is 0 Å². The topological polar surface area (TPSA) is 81.2 Å². The Morgan fingerprint density at radius 1 is 1.35 bits per heavy atom. The molecule has 124 valence electrons. The molecule has 0 radical (unpaired) electrons. The predicted octanol–water partition coefficient (Wildman–Crippen LogP) is 2.68. The Labute approximate surface area is 137 Å². The molecule has 2 rings (SSSR count). The highest BCUT2D eigenvalue weighted by Crippen LogP contribution is 2.19. The van der Waals surface area contributed by atoms with Crippen molar-refractivity contribution in [2.75, 3.05) is 6.54 Å². The Bertz CT molecular complexity index is 634. The number of aromatic nitrogens is 1. The third kappa shape index (κ3) is 4.66. The van der Waals surface area contributed by atoms with Gasteiger partial charge in [-0.25, -0.2) is 4.98 Å². The molecule has 0 fully saturated rings. The van der Waals surface area contributed by atoms with Crippen molar-refractivity contribution < 1.29 is 9.21 Å². The first-order valence-corrected chi connectivity index (χ1v) is 8.06. The summed E-state index contributed by atoms with van der Waals surface area (Å²) in [6.07, 6.45) is 3.14. The molecule has 0 saturated heterocycles. The summed E-state index contributed by atoms with van der Waals surface area (Å²) in [7, 11) is 0. The van der Waals surface area contributed by atoms with Gasteiger partial charge in [0.05, 0.1) is 11.7 Å². The second-order valence-electron chi connectivity index (χ2n) is 5.96. The maximum absolute atomic E-state index is 11.9. The molecule has 0 saturated carbocycles. The zero-order valence-corrected chi connectivity index (χ0v) is 14.0. The molecule has 0 aliphatic rings. The molecule has 5 nitrogen and oxygen atoms in total. The fraction of sp³-hybridized carbons (Fsp3) is 0.444. The molecule has 1 aromatic carbocycles. The number of carbonyl (C=O) groups excluding carboxylic acids is 1. The molecule has 1 heterocycles. The van der Waals surface area contributed by atoms with Gasteiger partial charge in [0.2, 0.25) is 11.8 Å². The SMILES string of the molecule is CCC(C)C(N)C(=O)NCCc1coc(-c2ccc(C)cc2)n1. The Hall–Kier alpha value is -2.14. The number of amides is 1. The van der Waals surface area contributed by atoms with E-state index in [4.69, 9.17) is 10.2 Å². The van der Waals surface area contributed by atoms with E-state index in [0.29, 0.717) is 18.9 Å². The molecule has 0 spiro atoms. The molecule has 3 N–H and O–H groups in total. The van der Waals surface area contributed by atoms with Crippen molar-refractivity contribution in [1.29, 1.82) is 0 Å². The van der Waals surface area contributed by atoms with Crippen LogP contribution < -0.4 is 11.1 Å². The fourth-order valence-corrected chi connectivity index (χ4v) is 2.19. The van der Waals surface area contributed by atoms with E-state index in [1.54, 1.807) is 6.26 Å². The second kappa shape index (κ2) is 7.92. The second-order valence-corrected chi connectivity index (χ2v) is 5.96. The van der Waals surface area contributed by atoms with Crippen molar-refractivity contribution in [3.05, 3.63) is 41.8 Å². The minimum absolute atomic E-state index is 0.110. The van der Waals surface area contributed by atoms with Crippen LogP contribution in [0.2, 0.25) is 0 Å². The molecule has 1 amide bonds. The van der Waals surface area contributed by atoms with Crippen molar-refractivity contribution in [3.63, 3.8) is 0 Å². The first-order valence-electron chi connectivity index (χ1n) is 8.06. The molecule has 0 aliphatic heterocycles. The van der Waals surface area contributed by atoms with Gasteiger partial charge in [-0.2, -0.15) is 0 Å². The lowest BCUT2D eigenvalue weighted by atomic mass is 9.99.